The summed E-state index contributed by atoms with van der Waals surface area (Å²) in [4.78, 5) is 28.7. The molecule has 3 aromatic rings. The summed E-state index contributed by atoms with van der Waals surface area (Å²) in [6.07, 6.45) is 4.56. The Balaban J connectivity index is 1.63. The second-order valence-electron chi connectivity index (χ2n) is 9.79. The third kappa shape index (κ3) is 7.48. The maximum absolute atomic E-state index is 13.9. The van der Waals surface area contributed by atoms with E-state index in [9.17, 15) is 18.0 Å². The summed E-state index contributed by atoms with van der Waals surface area (Å²) in [5.41, 5.74) is 1.38. The summed E-state index contributed by atoms with van der Waals surface area (Å²) < 4.78 is 29.4. The number of sulfonamides is 1. The van der Waals surface area contributed by atoms with E-state index in [-0.39, 0.29) is 23.4 Å². The first-order valence-electron chi connectivity index (χ1n) is 13.2. The van der Waals surface area contributed by atoms with Crippen molar-refractivity contribution in [2.24, 2.45) is 0 Å². The van der Waals surface area contributed by atoms with Crippen LogP contribution in [-0.2, 0) is 26.0 Å². The molecule has 3 aromatic carbocycles. The Morgan fingerprint density at radius 2 is 1.59 bits per heavy atom. The lowest BCUT2D eigenvalue weighted by Gasteiger charge is -2.32. The summed E-state index contributed by atoms with van der Waals surface area (Å²) in [5.74, 6) is -0.664. The van der Waals surface area contributed by atoms with E-state index >= 15 is 0 Å². The minimum atomic E-state index is -4.07. The van der Waals surface area contributed by atoms with Crippen LogP contribution in [0.3, 0.4) is 0 Å². The Hall–Kier alpha value is -3.17. The molecule has 0 heterocycles. The molecule has 2 amide bonds. The molecular weight excluding hydrogens is 578 g/mol. The van der Waals surface area contributed by atoms with Crippen LogP contribution in [0, 0.1) is 0 Å². The van der Waals surface area contributed by atoms with Crippen molar-refractivity contribution < 1.29 is 18.0 Å². The molecule has 7 nitrogen and oxygen atoms in total. The normalized spacial score (nSPS) is 14.5. The number of benzene rings is 3. The number of hydrogen-bond acceptors (Lipinski definition) is 4. The van der Waals surface area contributed by atoms with Crippen molar-refractivity contribution in [3.8, 4) is 0 Å². The van der Waals surface area contributed by atoms with Gasteiger partial charge in [-0.2, -0.15) is 0 Å². The number of carbonyl (C=O) groups is 2. The smallest absolute Gasteiger partial charge is 0.264 e. The maximum atomic E-state index is 13.9. The highest BCUT2D eigenvalue weighted by Crippen LogP contribution is 2.27. The van der Waals surface area contributed by atoms with Crippen LogP contribution in [0.1, 0.15) is 38.2 Å². The molecule has 0 aliphatic heterocycles. The van der Waals surface area contributed by atoms with Gasteiger partial charge in [0, 0.05) is 17.1 Å². The number of hydrogen-bond donors (Lipinski definition) is 1. The standard InChI is InChI=1S/C30H34BrN3O4S/c1-23(30(36)32-26-14-8-9-15-26)33(20-19-24-11-4-2-5-12-24)29(35)22-34(27-16-10-13-25(31)21-27)39(37,38)28-17-6-3-7-18-28/h2-7,10-13,16-18,21,23,26H,8-9,14-15,19-20,22H2,1H3,(H,32,36)/t23-/m1/s1. The molecule has 1 N–H and O–H groups in total. The molecule has 1 aliphatic carbocycles. The Bertz CT molecular complexity index is 1360. The van der Waals surface area contributed by atoms with Crippen LogP contribution in [0.5, 0.6) is 0 Å². The number of anilines is 1. The van der Waals surface area contributed by atoms with Crippen molar-refractivity contribution in [2.45, 2.75) is 56.0 Å². The summed E-state index contributed by atoms with van der Waals surface area (Å²) >= 11 is 3.41. The number of rotatable bonds is 11. The largest absolute Gasteiger partial charge is 0.352 e. The van der Waals surface area contributed by atoms with Crippen molar-refractivity contribution in [1.82, 2.24) is 10.2 Å². The molecule has 1 fully saturated rings. The molecule has 1 saturated carbocycles. The van der Waals surface area contributed by atoms with Gasteiger partial charge in [0.15, 0.2) is 0 Å². The highest BCUT2D eigenvalue weighted by molar-refractivity contribution is 9.10. The van der Waals surface area contributed by atoms with Crippen LogP contribution in [0.4, 0.5) is 5.69 Å². The van der Waals surface area contributed by atoms with Crippen LogP contribution in [0.2, 0.25) is 0 Å². The molecule has 0 aromatic heterocycles. The van der Waals surface area contributed by atoms with Gasteiger partial charge >= 0.3 is 0 Å². The number of nitrogens with zero attached hydrogens (tertiary/aromatic N) is 2. The van der Waals surface area contributed by atoms with Gasteiger partial charge in [-0.25, -0.2) is 8.42 Å². The monoisotopic (exact) mass is 611 g/mol. The Morgan fingerprint density at radius 3 is 2.23 bits per heavy atom. The zero-order valence-corrected chi connectivity index (χ0v) is 24.4. The quantitative estimate of drug-likeness (QED) is 0.324. The number of amides is 2. The third-order valence-corrected chi connectivity index (χ3v) is 9.34. The molecule has 1 aliphatic rings. The molecule has 1 atom stereocenters. The predicted molar refractivity (Wildman–Crippen MR) is 157 cm³/mol. The lowest BCUT2D eigenvalue weighted by molar-refractivity contribution is -0.139. The maximum Gasteiger partial charge on any atom is 0.264 e. The molecule has 206 valence electrons. The second-order valence-corrected chi connectivity index (χ2v) is 12.6. The first-order valence-corrected chi connectivity index (χ1v) is 15.5. The van der Waals surface area contributed by atoms with Gasteiger partial charge in [-0.3, -0.25) is 13.9 Å². The van der Waals surface area contributed by atoms with E-state index in [0.717, 1.165) is 35.6 Å². The SMILES string of the molecule is C[C@H](C(=O)NC1CCCC1)N(CCc1ccccc1)C(=O)CN(c1cccc(Br)c1)S(=O)(=O)c1ccccc1. The zero-order valence-electron chi connectivity index (χ0n) is 22.0. The van der Waals surface area contributed by atoms with Gasteiger partial charge in [0.1, 0.15) is 12.6 Å². The number of nitrogens with one attached hydrogen (secondary N) is 1. The van der Waals surface area contributed by atoms with Gasteiger partial charge in [0.25, 0.3) is 10.0 Å². The number of halogens is 1. The Labute approximate surface area is 239 Å². The van der Waals surface area contributed by atoms with Crippen LogP contribution >= 0.6 is 15.9 Å². The van der Waals surface area contributed by atoms with Crippen molar-refractivity contribution in [3.63, 3.8) is 0 Å². The van der Waals surface area contributed by atoms with E-state index in [4.69, 9.17) is 0 Å². The highest BCUT2D eigenvalue weighted by atomic mass is 79.9. The fraction of sp³-hybridized carbons (Fsp3) is 0.333. The summed E-state index contributed by atoms with van der Waals surface area (Å²) in [6.45, 7) is 1.55. The minimum Gasteiger partial charge on any atom is -0.352 e. The zero-order chi connectivity index (χ0) is 27.8. The van der Waals surface area contributed by atoms with Crippen LogP contribution in [0.15, 0.2) is 94.3 Å². The fourth-order valence-electron chi connectivity index (χ4n) is 4.84. The Morgan fingerprint density at radius 1 is 0.949 bits per heavy atom. The van der Waals surface area contributed by atoms with Crippen molar-refractivity contribution in [2.75, 3.05) is 17.4 Å². The van der Waals surface area contributed by atoms with E-state index in [2.05, 4.69) is 21.2 Å². The average molecular weight is 613 g/mol. The summed E-state index contributed by atoms with van der Waals surface area (Å²) in [6, 6.07) is 24.0. The van der Waals surface area contributed by atoms with Crippen molar-refractivity contribution >= 4 is 43.5 Å². The summed E-state index contributed by atoms with van der Waals surface area (Å²) in [7, 11) is -4.07. The highest BCUT2D eigenvalue weighted by Gasteiger charge is 2.33. The molecule has 9 heteroatoms. The first-order chi connectivity index (χ1) is 18.8. The van der Waals surface area contributed by atoms with Crippen molar-refractivity contribution in [3.05, 3.63) is 95.0 Å². The lowest BCUT2D eigenvalue weighted by Crippen LogP contribution is -2.53. The van der Waals surface area contributed by atoms with E-state index in [0.29, 0.717) is 16.6 Å². The van der Waals surface area contributed by atoms with Gasteiger partial charge in [0.05, 0.1) is 10.6 Å². The van der Waals surface area contributed by atoms with Gasteiger partial charge in [0.2, 0.25) is 11.8 Å². The Kier molecular flexibility index (Phi) is 9.80. The van der Waals surface area contributed by atoms with E-state index in [1.807, 2.05) is 30.3 Å². The first kappa shape index (κ1) is 28.8. The van der Waals surface area contributed by atoms with Crippen LogP contribution in [-0.4, -0.2) is 50.3 Å². The molecule has 4 rings (SSSR count). The summed E-state index contributed by atoms with van der Waals surface area (Å²) in [5, 5.41) is 3.09. The molecule has 0 bridgehead atoms. The molecular formula is C30H34BrN3O4S. The lowest BCUT2D eigenvalue weighted by atomic mass is 10.1. The number of carbonyl (C=O) groups excluding carboxylic acids is 2. The van der Waals surface area contributed by atoms with Gasteiger partial charge < -0.3 is 10.2 Å². The molecule has 0 unspecified atom stereocenters. The van der Waals surface area contributed by atoms with E-state index in [1.54, 1.807) is 49.4 Å². The van der Waals surface area contributed by atoms with Crippen molar-refractivity contribution in [1.29, 1.82) is 0 Å². The second kappa shape index (κ2) is 13.3. The van der Waals surface area contributed by atoms with E-state index < -0.39 is 28.5 Å². The minimum absolute atomic E-state index is 0.0839. The third-order valence-electron chi connectivity index (χ3n) is 7.06. The molecule has 0 saturated heterocycles. The predicted octanol–water partition coefficient (Wildman–Crippen LogP) is 5.16. The van der Waals surface area contributed by atoms with E-state index in [1.165, 1.54) is 17.0 Å². The topological polar surface area (TPSA) is 86.8 Å². The average Bonchev–Trinajstić information content (AvgIpc) is 3.45. The van der Waals surface area contributed by atoms with Gasteiger partial charge in [-0.1, -0.05) is 83.4 Å². The van der Waals surface area contributed by atoms with Gasteiger partial charge in [-0.05, 0) is 62.1 Å². The van der Waals surface area contributed by atoms with Crippen LogP contribution in [0.25, 0.3) is 0 Å². The fourth-order valence-corrected chi connectivity index (χ4v) is 6.66. The molecule has 0 radical (unpaired) electrons. The van der Waals surface area contributed by atoms with Gasteiger partial charge in [-0.15, -0.1) is 0 Å². The molecule has 0 spiro atoms. The van der Waals surface area contributed by atoms with Crippen LogP contribution < -0.4 is 9.62 Å². The molecule has 39 heavy (non-hydrogen) atoms.